The van der Waals surface area contributed by atoms with Crippen molar-refractivity contribution in [2.24, 2.45) is 11.1 Å². The minimum atomic E-state index is -0.273. The third kappa shape index (κ3) is 3.82. The van der Waals surface area contributed by atoms with Gasteiger partial charge < -0.3 is 15.0 Å². The van der Waals surface area contributed by atoms with Gasteiger partial charge in [-0.2, -0.15) is 4.98 Å². The molecule has 21 heavy (non-hydrogen) atoms. The summed E-state index contributed by atoms with van der Waals surface area (Å²) in [4.78, 5) is 4.41. The number of ether oxygens (including phenoxy) is 1. The Balaban J connectivity index is 2.25. The van der Waals surface area contributed by atoms with Crippen molar-refractivity contribution in [2.75, 3.05) is 0 Å². The fraction of sp³-hybridized carbons (Fsp3) is 0.500. The number of nitrogens with two attached hydrogens (primary N) is 1. The van der Waals surface area contributed by atoms with Crippen molar-refractivity contribution >= 4 is 0 Å². The Labute approximate surface area is 125 Å². The van der Waals surface area contributed by atoms with Crippen LogP contribution in [0.1, 0.15) is 46.5 Å². The van der Waals surface area contributed by atoms with Crippen LogP contribution in [0.15, 0.2) is 28.8 Å². The van der Waals surface area contributed by atoms with E-state index in [2.05, 4.69) is 10.1 Å². The first-order valence-electron chi connectivity index (χ1n) is 7.13. The van der Waals surface area contributed by atoms with E-state index in [0.717, 1.165) is 11.3 Å². The maximum absolute atomic E-state index is 6.15. The van der Waals surface area contributed by atoms with Crippen LogP contribution < -0.4 is 10.5 Å². The van der Waals surface area contributed by atoms with Gasteiger partial charge in [-0.3, -0.25) is 0 Å². The number of hydrogen-bond acceptors (Lipinski definition) is 5. The number of aromatic nitrogens is 2. The zero-order valence-corrected chi connectivity index (χ0v) is 13.3. The molecule has 0 fully saturated rings. The van der Waals surface area contributed by atoms with Gasteiger partial charge in [-0.05, 0) is 37.5 Å². The molecule has 1 heterocycles. The Morgan fingerprint density at radius 3 is 2.57 bits per heavy atom. The molecule has 1 unspecified atom stereocenters. The Bertz CT molecular complexity index is 600. The first kappa shape index (κ1) is 15.5. The highest BCUT2D eigenvalue weighted by molar-refractivity contribution is 5.55. The standard InChI is InChI=1S/C16H23N3O2/c1-10(2)20-12-8-6-7-11(9-12)15-18-14(19-21-15)13(17)16(3,4)5/h6-10,13H,17H2,1-5H3. The highest BCUT2D eigenvalue weighted by atomic mass is 16.5. The van der Waals surface area contributed by atoms with Crippen LogP contribution in [0.5, 0.6) is 5.75 Å². The first-order valence-corrected chi connectivity index (χ1v) is 7.13. The lowest BCUT2D eigenvalue weighted by atomic mass is 9.87. The van der Waals surface area contributed by atoms with E-state index in [0.29, 0.717) is 11.7 Å². The molecule has 0 aliphatic carbocycles. The number of rotatable bonds is 4. The van der Waals surface area contributed by atoms with Gasteiger partial charge in [-0.25, -0.2) is 0 Å². The fourth-order valence-electron chi connectivity index (χ4n) is 1.84. The molecule has 114 valence electrons. The van der Waals surface area contributed by atoms with Gasteiger partial charge in [0.2, 0.25) is 0 Å². The zero-order chi connectivity index (χ0) is 15.6. The van der Waals surface area contributed by atoms with Crippen LogP contribution in [0.25, 0.3) is 11.5 Å². The van der Waals surface area contributed by atoms with Gasteiger partial charge in [0.15, 0.2) is 5.82 Å². The molecule has 0 bridgehead atoms. The summed E-state index contributed by atoms with van der Waals surface area (Å²) in [7, 11) is 0. The zero-order valence-electron chi connectivity index (χ0n) is 13.3. The van der Waals surface area contributed by atoms with Crippen LogP contribution in [0.4, 0.5) is 0 Å². The van der Waals surface area contributed by atoms with Crippen LogP contribution in [0.3, 0.4) is 0 Å². The predicted molar refractivity (Wildman–Crippen MR) is 81.9 cm³/mol. The lowest BCUT2D eigenvalue weighted by Crippen LogP contribution is -2.27. The van der Waals surface area contributed by atoms with Crippen molar-refractivity contribution < 1.29 is 9.26 Å². The molecule has 1 atom stereocenters. The molecule has 0 aliphatic heterocycles. The van der Waals surface area contributed by atoms with Gasteiger partial charge in [0.1, 0.15) is 5.75 Å². The van der Waals surface area contributed by atoms with E-state index < -0.39 is 0 Å². The summed E-state index contributed by atoms with van der Waals surface area (Å²) in [5.74, 6) is 1.76. The van der Waals surface area contributed by atoms with Gasteiger partial charge >= 0.3 is 0 Å². The summed E-state index contributed by atoms with van der Waals surface area (Å²) in [5, 5.41) is 4.00. The van der Waals surface area contributed by atoms with Crippen molar-refractivity contribution in [3.05, 3.63) is 30.1 Å². The van der Waals surface area contributed by atoms with Crippen LogP contribution in [0.2, 0.25) is 0 Å². The summed E-state index contributed by atoms with van der Waals surface area (Å²) in [6, 6.07) is 7.33. The Morgan fingerprint density at radius 1 is 1.24 bits per heavy atom. The predicted octanol–water partition coefficient (Wildman–Crippen LogP) is 3.57. The molecule has 5 heteroatoms. The van der Waals surface area contributed by atoms with Crippen LogP contribution in [-0.4, -0.2) is 16.2 Å². The van der Waals surface area contributed by atoms with E-state index in [-0.39, 0.29) is 17.6 Å². The average Bonchev–Trinajstić information content (AvgIpc) is 2.85. The summed E-state index contributed by atoms with van der Waals surface area (Å²) in [5.41, 5.74) is 6.86. The third-order valence-electron chi connectivity index (χ3n) is 3.11. The Kier molecular flexibility index (Phi) is 4.32. The summed E-state index contributed by atoms with van der Waals surface area (Å²) in [6.07, 6.45) is 0.118. The summed E-state index contributed by atoms with van der Waals surface area (Å²) >= 11 is 0. The molecule has 0 radical (unpaired) electrons. The van der Waals surface area contributed by atoms with Crippen molar-refractivity contribution in [3.63, 3.8) is 0 Å². The van der Waals surface area contributed by atoms with E-state index in [4.69, 9.17) is 15.0 Å². The normalized spacial score (nSPS) is 13.5. The molecule has 1 aromatic carbocycles. The van der Waals surface area contributed by atoms with Gasteiger partial charge in [-0.1, -0.05) is 32.0 Å². The van der Waals surface area contributed by atoms with E-state index in [1.165, 1.54) is 0 Å². The van der Waals surface area contributed by atoms with Gasteiger partial charge in [0.05, 0.1) is 12.1 Å². The first-order chi connectivity index (χ1) is 9.77. The largest absolute Gasteiger partial charge is 0.491 e. The third-order valence-corrected chi connectivity index (χ3v) is 3.11. The van der Waals surface area contributed by atoms with E-state index in [1.807, 2.05) is 58.9 Å². The van der Waals surface area contributed by atoms with E-state index in [1.54, 1.807) is 0 Å². The summed E-state index contributed by atoms with van der Waals surface area (Å²) < 4.78 is 11.0. The Morgan fingerprint density at radius 2 is 1.95 bits per heavy atom. The number of hydrogen-bond donors (Lipinski definition) is 1. The second kappa shape index (κ2) is 5.85. The lowest BCUT2D eigenvalue weighted by molar-refractivity contribution is 0.242. The molecule has 0 spiro atoms. The number of benzene rings is 1. The van der Waals surface area contributed by atoms with Crippen molar-refractivity contribution in [1.29, 1.82) is 0 Å². The highest BCUT2D eigenvalue weighted by Crippen LogP contribution is 2.30. The second-order valence-electron chi connectivity index (χ2n) is 6.50. The molecule has 0 aliphatic rings. The molecule has 0 saturated heterocycles. The quantitative estimate of drug-likeness (QED) is 0.931. The maximum Gasteiger partial charge on any atom is 0.258 e. The number of nitrogens with zero attached hydrogens (tertiary/aromatic N) is 2. The minimum Gasteiger partial charge on any atom is -0.491 e. The minimum absolute atomic E-state index is 0.118. The van der Waals surface area contributed by atoms with E-state index >= 15 is 0 Å². The molecule has 2 aromatic rings. The SMILES string of the molecule is CC(C)Oc1cccc(-c2nc(C(N)C(C)(C)C)no2)c1. The molecule has 2 N–H and O–H groups in total. The molecule has 2 rings (SSSR count). The molecule has 0 amide bonds. The molecule has 1 aromatic heterocycles. The fourth-order valence-corrected chi connectivity index (χ4v) is 1.84. The summed E-state index contributed by atoms with van der Waals surface area (Å²) in [6.45, 7) is 10.1. The van der Waals surface area contributed by atoms with Crippen LogP contribution in [-0.2, 0) is 0 Å². The monoisotopic (exact) mass is 289 g/mol. The molecular weight excluding hydrogens is 266 g/mol. The van der Waals surface area contributed by atoms with Crippen LogP contribution in [0, 0.1) is 5.41 Å². The van der Waals surface area contributed by atoms with Gasteiger partial charge in [0, 0.05) is 5.56 Å². The Hall–Kier alpha value is -1.88. The topological polar surface area (TPSA) is 74.2 Å². The second-order valence-corrected chi connectivity index (χ2v) is 6.50. The molecule has 5 nitrogen and oxygen atoms in total. The van der Waals surface area contributed by atoms with Crippen molar-refractivity contribution in [1.82, 2.24) is 10.1 Å². The smallest absolute Gasteiger partial charge is 0.258 e. The van der Waals surface area contributed by atoms with Crippen molar-refractivity contribution in [3.8, 4) is 17.2 Å². The lowest BCUT2D eigenvalue weighted by Gasteiger charge is -2.23. The molecular formula is C16H23N3O2. The maximum atomic E-state index is 6.15. The molecule has 0 saturated carbocycles. The van der Waals surface area contributed by atoms with E-state index in [9.17, 15) is 0 Å². The van der Waals surface area contributed by atoms with Gasteiger partial charge in [-0.15, -0.1) is 0 Å². The highest BCUT2D eigenvalue weighted by Gasteiger charge is 2.27. The average molecular weight is 289 g/mol. The van der Waals surface area contributed by atoms with Crippen molar-refractivity contribution in [2.45, 2.75) is 46.8 Å². The van der Waals surface area contributed by atoms with Crippen LogP contribution >= 0.6 is 0 Å². The van der Waals surface area contributed by atoms with Gasteiger partial charge in [0.25, 0.3) is 5.89 Å².